The maximum absolute atomic E-state index is 12.6. The van der Waals surface area contributed by atoms with Crippen LogP contribution in [-0.4, -0.2) is 64.8 Å². The van der Waals surface area contributed by atoms with E-state index in [4.69, 9.17) is 22.3 Å². The van der Waals surface area contributed by atoms with Gasteiger partial charge in [0.15, 0.2) is 0 Å². The summed E-state index contributed by atoms with van der Waals surface area (Å²) in [5.41, 5.74) is 15.6. The molecule has 0 radical (unpaired) electrons. The number of rotatable bonds is 14. The minimum Gasteiger partial charge on any atom is -0.480 e. The van der Waals surface area contributed by atoms with Crippen molar-refractivity contribution in [2.45, 2.75) is 70.6 Å². The van der Waals surface area contributed by atoms with E-state index >= 15 is 0 Å². The quantitative estimate of drug-likeness (QED) is 0.146. The van der Waals surface area contributed by atoms with Gasteiger partial charge in [0.25, 0.3) is 0 Å². The zero-order valence-electron chi connectivity index (χ0n) is 17.8. The number of nitrogens with one attached hydrogen (secondary N) is 3. The molecule has 0 aromatic heterocycles. The maximum atomic E-state index is 12.6. The summed E-state index contributed by atoms with van der Waals surface area (Å²) in [4.78, 5) is 70.0. The van der Waals surface area contributed by atoms with Crippen molar-refractivity contribution in [1.82, 2.24) is 16.0 Å². The molecule has 13 nitrogen and oxygen atoms in total. The number of carboxylic acid groups (broad SMARTS) is 1. The third-order valence-corrected chi connectivity index (χ3v) is 4.14. The molecule has 0 saturated heterocycles. The van der Waals surface area contributed by atoms with Crippen molar-refractivity contribution < 1.29 is 33.9 Å². The van der Waals surface area contributed by atoms with E-state index in [1.165, 1.54) is 6.92 Å². The SMILES string of the molecule is CC(C)CC(NC(=O)C(N)CC(N)=O)C(=O)NC(C)C(=O)NC(CCC(N)=O)C(=O)O. The fourth-order valence-electron chi connectivity index (χ4n) is 2.51. The molecule has 10 N–H and O–H groups in total. The number of carboxylic acids is 1. The molecule has 4 atom stereocenters. The summed E-state index contributed by atoms with van der Waals surface area (Å²) >= 11 is 0. The molecular formula is C18H32N6O7. The smallest absolute Gasteiger partial charge is 0.326 e. The lowest BCUT2D eigenvalue weighted by molar-refractivity contribution is -0.142. The van der Waals surface area contributed by atoms with Crippen molar-refractivity contribution in [2.75, 3.05) is 0 Å². The van der Waals surface area contributed by atoms with Crippen LogP contribution in [0.25, 0.3) is 0 Å². The van der Waals surface area contributed by atoms with Crippen LogP contribution in [0.1, 0.15) is 46.5 Å². The monoisotopic (exact) mass is 444 g/mol. The van der Waals surface area contributed by atoms with Crippen molar-refractivity contribution >= 4 is 35.5 Å². The van der Waals surface area contributed by atoms with Crippen LogP contribution >= 0.6 is 0 Å². The molecule has 0 fully saturated rings. The molecular weight excluding hydrogens is 412 g/mol. The highest BCUT2D eigenvalue weighted by Gasteiger charge is 2.29. The molecule has 0 spiro atoms. The number of carbonyl (C=O) groups is 6. The average molecular weight is 444 g/mol. The van der Waals surface area contributed by atoms with Crippen LogP contribution in [0.2, 0.25) is 0 Å². The molecule has 0 saturated carbocycles. The zero-order chi connectivity index (χ0) is 24.3. The minimum atomic E-state index is -1.36. The Morgan fingerprint density at radius 2 is 1.35 bits per heavy atom. The van der Waals surface area contributed by atoms with E-state index in [1.807, 2.05) is 13.8 Å². The molecule has 0 aliphatic carbocycles. The van der Waals surface area contributed by atoms with Crippen LogP contribution in [0.5, 0.6) is 0 Å². The van der Waals surface area contributed by atoms with Crippen molar-refractivity contribution in [3.8, 4) is 0 Å². The molecule has 176 valence electrons. The van der Waals surface area contributed by atoms with Crippen LogP contribution in [0.4, 0.5) is 0 Å². The lowest BCUT2D eigenvalue weighted by Crippen LogP contribution is -2.56. The van der Waals surface area contributed by atoms with Crippen molar-refractivity contribution in [3.63, 3.8) is 0 Å². The lowest BCUT2D eigenvalue weighted by Gasteiger charge is -2.24. The Bertz CT molecular complexity index is 697. The van der Waals surface area contributed by atoms with Crippen molar-refractivity contribution in [2.24, 2.45) is 23.1 Å². The molecule has 31 heavy (non-hydrogen) atoms. The van der Waals surface area contributed by atoms with Gasteiger partial charge in [-0.2, -0.15) is 0 Å². The number of nitrogens with two attached hydrogens (primary N) is 3. The predicted octanol–water partition coefficient (Wildman–Crippen LogP) is -2.94. The van der Waals surface area contributed by atoms with Gasteiger partial charge in [0, 0.05) is 6.42 Å². The third-order valence-electron chi connectivity index (χ3n) is 4.14. The topological polar surface area (TPSA) is 237 Å². The molecule has 0 aliphatic rings. The molecule has 5 amide bonds. The summed E-state index contributed by atoms with van der Waals surface area (Å²) in [6.45, 7) is 4.94. The van der Waals surface area contributed by atoms with Crippen LogP contribution in [0.3, 0.4) is 0 Å². The van der Waals surface area contributed by atoms with Crippen LogP contribution in [0.15, 0.2) is 0 Å². The fourth-order valence-corrected chi connectivity index (χ4v) is 2.51. The summed E-state index contributed by atoms with van der Waals surface area (Å²) in [7, 11) is 0. The standard InChI is InChI=1S/C18H32N6O7/c1-8(2)6-12(24-16(28)10(19)7-14(21)26)17(29)22-9(3)15(27)23-11(18(30)31)4-5-13(20)25/h8-12H,4-7,19H2,1-3H3,(H2,20,25)(H2,21,26)(H,22,29)(H,23,27)(H,24,28)(H,30,31). The first-order chi connectivity index (χ1) is 14.2. The van der Waals surface area contributed by atoms with E-state index in [0.717, 1.165) is 0 Å². The van der Waals surface area contributed by atoms with Crippen molar-refractivity contribution in [1.29, 1.82) is 0 Å². The van der Waals surface area contributed by atoms with Gasteiger partial charge in [-0.25, -0.2) is 4.79 Å². The highest BCUT2D eigenvalue weighted by molar-refractivity contribution is 5.94. The second kappa shape index (κ2) is 13.2. The number of aliphatic carboxylic acids is 1. The summed E-state index contributed by atoms with van der Waals surface area (Å²) in [6.07, 6.45) is -0.638. The van der Waals surface area contributed by atoms with Crippen LogP contribution in [-0.2, 0) is 28.8 Å². The van der Waals surface area contributed by atoms with E-state index in [0.29, 0.717) is 0 Å². The van der Waals surface area contributed by atoms with Crippen molar-refractivity contribution in [3.05, 3.63) is 0 Å². The van der Waals surface area contributed by atoms with E-state index in [1.54, 1.807) is 0 Å². The van der Waals surface area contributed by atoms with Crippen LogP contribution < -0.4 is 33.2 Å². The van der Waals surface area contributed by atoms with Gasteiger partial charge < -0.3 is 38.3 Å². The van der Waals surface area contributed by atoms with Gasteiger partial charge in [0.2, 0.25) is 29.5 Å². The Kier molecular flexibility index (Phi) is 11.8. The number of primary amides is 2. The molecule has 0 aromatic carbocycles. The Balaban J connectivity index is 5.07. The first-order valence-electron chi connectivity index (χ1n) is 9.70. The number of hydrogen-bond donors (Lipinski definition) is 7. The number of amides is 5. The van der Waals surface area contributed by atoms with E-state index < -0.39 is 66.1 Å². The molecule has 4 unspecified atom stereocenters. The molecule has 0 rings (SSSR count). The highest BCUT2D eigenvalue weighted by Crippen LogP contribution is 2.06. The average Bonchev–Trinajstić information content (AvgIpc) is 2.62. The molecule has 13 heteroatoms. The van der Waals surface area contributed by atoms with E-state index in [9.17, 15) is 28.8 Å². The Morgan fingerprint density at radius 3 is 1.81 bits per heavy atom. The molecule has 0 bridgehead atoms. The van der Waals surface area contributed by atoms with Gasteiger partial charge in [0.05, 0.1) is 12.5 Å². The van der Waals surface area contributed by atoms with Crippen LogP contribution in [0, 0.1) is 5.92 Å². The lowest BCUT2D eigenvalue weighted by atomic mass is 10.0. The predicted molar refractivity (Wildman–Crippen MR) is 109 cm³/mol. The zero-order valence-corrected chi connectivity index (χ0v) is 17.8. The fraction of sp³-hybridized carbons (Fsp3) is 0.667. The second-order valence-electron chi connectivity index (χ2n) is 7.60. The first-order valence-corrected chi connectivity index (χ1v) is 9.70. The van der Waals surface area contributed by atoms with Gasteiger partial charge in [-0.3, -0.25) is 24.0 Å². The Hall–Kier alpha value is -3.22. The highest BCUT2D eigenvalue weighted by atomic mass is 16.4. The van der Waals surface area contributed by atoms with E-state index in [2.05, 4.69) is 16.0 Å². The Morgan fingerprint density at radius 1 is 0.806 bits per heavy atom. The minimum absolute atomic E-state index is 0.0160. The summed E-state index contributed by atoms with van der Waals surface area (Å²) in [5, 5.41) is 16.2. The normalized spacial score (nSPS) is 14.6. The number of hydrogen-bond acceptors (Lipinski definition) is 7. The molecule has 0 aliphatic heterocycles. The maximum Gasteiger partial charge on any atom is 0.326 e. The summed E-state index contributed by atoms with van der Waals surface area (Å²) in [6, 6.07) is -4.79. The molecule has 0 heterocycles. The second-order valence-corrected chi connectivity index (χ2v) is 7.60. The first kappa shape index (κ1) is 27.8. The third kappa shape index (κ3) is 11.5. The van der Waals surface area contributed by atoms with E-state index in [-0.39, 0.29) is 25.2 Å². The van der Waals surface area contributed by atoms with Gasteiger partial charge in [-0.15, -0.1) is 0 Å². The molecule has 0 aromatic rings. The largest absolute Gasteiger partial charge is 0.480 e. The summed E-state index contributed by atoms with van der Waals surface area (Å²) < 4.78 is 0. The Labute approximate surface area is 179 Å². The van der Waals surface area contributed by atoms with Gasteiger partial charge in [-0.05, 0) is 25.7 Å². The van der Waals surface area contributed by atoms with Gasteiger partial charge >= 0.3 is 5.97 Å². The van der Waals surface area contributed by atoms with Gasteiger partial charge in [0.1, 0.15) is 18.1 Å². The summed E-state index contributed by atoms with van der Waals surface area (Å²) in [5.74, 6) is -5.12. The number of carbonyl (C=O) groups excluding carboxylic acids is 5. The van der Waals surface area contributed by atoms with Gasteiger partial charge in [-0.1, -0.05) is 13.8 Å².